The lowest BCUT2D eigenvalue weighted by Gasteiger charge is -2.28. The van der Waals surface area contributed by atoms with E-state index in [1.54, 1.807) is 0 Å². The van der Waals surface area contributed by atoms with Gasteiger partial charge in [-0.1, -0.05) is 0 Å². The minimum Gasteiger partial charge on any atom is -0.478 e. The lowest BCUT2D eigenvalue weighted by atomic mass is 10.1. The molecule has 0 spiro atoms. The van der Waals surface area contributed by atoms with Gasteiger partial charge in [-0.25, -0.2) is 13.2 Å². The van der Waals surface area contributed by atoms with E-state index in [0.29, 0.717) is 12.8 Å². The van der Waals surface area contributed by atoms with Crippen molar-refractivity contribution in [3.63, 3.8) is 0 Å². The largest absolute Gasteiger partial charge is 0.478 e. The summed E-state index contributed by atoms with van der Waals surface area (Å²) in [6, 6.07) is 1.17. The first kappa shape index (κ1) is 13.5. The number of piperidine rings is 1. The highest BCUT2D eigenvalue weighted by Gasteiger charge is 2.30. The molecule has 2 heterocycles. The Bertz CT molecular complexity index is 542. The first-order valence-electron chi connectivity index (χ1n) is 5.41. The van der Waals surface area contributed by atoms with E-state index < -0.39 is 22.1 Å². The molecule has 100 valence electrons. The summed E-state index contributed by atoms with van der Waals surface area (Å²) in [6.07, 6.45) is 0.377. The zero-order valence-electron chi connectivity index (χ0n) is 9.44. The van der Waals surface area contributed by atoms with E-state index in [-0.39, 0.29) is 22.9 Å². The number of nitrogens with zero attached hydrogens (tertiary/aromatic N) is 1. The molecule has 0 aromatic carbocycles. The van der Waals surface area contributed by atoms with Gasteiger partial charge in [-0.2, -0.15) is 4.31 Å². The molecule has 2 N–H and O–H groups in total. The molecule has 1 saturated heterocycles. The normalized spacial score (nSPS) is 18.9. The molecule has 0 atom stereocenters. The Morgan fingerprint density at radius 1 is 1.39 bits per heavy atom. The predicted octanol–water partition coefficient (Wildman–Crippen LogP) is 0.592. The van der Waals surface area contributed by atoms with Crippen molar-refractivity contribution in [3.05, 3.63) is 17.0 Å². The molecular weight excluding hydrogens is 278 g/mol. The minimum absolute atomic E-state index is 0.0179. The maximum absolute atomic E-state index is 12.2. The number of aliphatic hydroxyl groups excluding tert-OH is 1. The van der Waals surface area contributed by atoms with Gasteiger partial charge in [-0.15, -0.1) is 11.3 Å². The van der Waals surface area contributed by atoms with Crippen LogP contribution in [-0.4, -0.2) is 48.1 Å². The Morgan fingerprint density at radius 2 is 2.00 bits per heavy atom. The van der Waals surface area contributed by atoms with Crippen LogP contribution in [0, 0.1) is 0 Å². The van der Waals surface area contributed by atoms with Crippen LogP contribution in [0.15, 0.2) is 15.7 Å². The van der Waals surface area contributed by atoms with Gasteiger partial charge in [0, 0.05) is 18.5 Å². The minimum atomic E-state index is -3.62. The lowest BCUT2D eigenvalue weighted by molar-refractivity contribution is 0.0697. The summed E-state index contributed by atoms with van der Waals surface area (Å²) in [5, 5.41) is 19.4. The molecule has 0 amide bonds. The second-order valence-corrected chi connectivity index (χ2v) is 7.17. The van der Waals surface area contributed by atoms with Crippen molar-refractivity contribution in [1.82, 2.24) is 4.31 Å². The highest BCUT2D eigenvalue weighted by molar-refractivity contribution is 7.91. The fourth-order valence-corrected chi connectivity index (χ4v) is 4.55. The van der Waals surface area contributed by atoms with Crippen LogP contribution in [0.3, 0.4) is 0 Å². The van der Waals surface area contributed by atoms with Crippen molar-refractivity contribution in [1.29, 1.82) is 0 Å². The highest BCUT2D eigenvalue weighted by Crippen LogP contribution is 2.26. The Kier molecular flexibility index (Phi) is 3.71. The third-order valence-electron chi connectivity index (χ3n) is 2.84. The first-order chi connectivity index (χ1) is 8.41. The van der Waals surface area contributed by atoms with Gasteiger partial charge in [-0.05, 0) is 18.9 Å². The monoisotopic (exact) mass is 291 g/mol. The smallest absolute Gasteiger partial charge is 0.336 e. The standard InChI is InChI=1S/C10H13NO5S2/c12-8-1-3-11(4-2-8)18(15,16)9-5-7(6-17-9)10(13)14/h5-6,8,12H,1-4H2,(H,13,14). The molecule has 0 unspecified atom stereocenters. The molecule has 1 aromatic rings. The van der Waals surface area contributed by atoms with E-state index in [1.165, 1.54) is 15.8 Å². The van der Waals surface area contributed by atoms with Crippen molar-refractivity contribution in [2.45, 2.75) is 23.2 Å². The van der Waals surface area contributed by atoms with Gasteiger partial charge in [0.25, 0.3) is 10.0 Å². The van der Waals surface area contributed by atoms with Crippen molar-refractivity contribution >= 4 is 27.3 Å². The highest BCUT2D eigenvalue weighted by atomic mass is 32.2. The van der Waals surface area contributed by atoms with Gasteiger partial charge < -0.3 is 10.2 Å². The molecule has 1 aliphatic heterocycles. The Labute approximate surface area is 109 Å². The van der Waals surface area contributed by atoms with Gasteiger partial charge in [-0.3, -0.25) is 0 Å². The maximum Gasteiger partial charge on any atom is 0.336 e. The van der Waals surface area contributed by atoms with Crippen molar-refractivity contribution in [3.8, 4) is 0 Å². The molecule has 0 aliphatic carbocycles. The van der Waals surface area contributed by atoms with E-state index in [2.05, 4.69) is 0 Å². The quantitative estimate of drug-likeness (QED) is 0.850. The number of aliphatic hydroxyl groups is 1. The average Bonchev–Trinajstić information content (AvgIpc) is 2.79. The summed E-state index contributed by atoms with van der Waals surface area (Å²) < 4.78 is 25.7. The summed E-state index contributed by atoms with van der Waals surface area (Å²) >= 11 is 0.906. The molecule has 18 heavy (non-hydrogen) atoms. The molecule has 0 bridgehead atoms. The fourth-order valence-electron chi connectivity index (χ4n) is 1.77. The molecule has 6 nitrogen and oxygen atoms in total. The zero-order valence-corrected chi connectivity index (χ0v) is 11.1. The van der Waals surface area contributed by atoms with Crippen molar-refractivity contribution in [2.75, 3.05) is 13.1 Å². The maximum atomic E-state index is 12.2. The summed E-state index contributed by atoms with van der Waals surface area (Å²) in [5.74, 6) is -1.14. The summed E-state index contributed by atoms with van der Waals surface area (Å²) in [4.78, 5) is 10.7. The van der Waals surface area contributed by atoms with Crippen LogP contribution in [0.4, 0.5) is 0 Å². The van der Waals surface area contributed by atoms with Crippen molar-refractivity contribution < 1.29 is 23.4 Å². The van der Waals surface area contributed by atoms with Crippen LogP contribution in [0.2, 0.25) is 0 Å². The summed E-state index contributed by atoms with van der Waals surface area (Å²) in [7, 11) is -3.62. The lowest BCUT2D eigenvalue weighted by Crippen LogP contribution is -2.39. The molecule has 8 heteroatoms. The van der Waals surface area contributed by atoms with Gasteiger partial charge in [0.05, 0.1) is 11.7 Å². The van der Waals surface area contributed by atoms with Gasteiger partial charge in [0.2, 0.25) is 0 Å². The summed E-state index contributed by atoms with van der Waals surface area (Å²) in [6.45, 7) is 0.535. The number of hydrogen-bond donors (Lipinski definition) is 2. The van der Waals surface area contributed by atoms with Crippen LogP contribution in [0.25, 0.3) is 0 Å². The number of carbonyl (C=O) groups is 1. The van der Waals surface area contributed by atoms with E-state index in [0.717, 1.165) is 11.3 Å². The summed E-state index contributed by atoms with van der Waals surface area (Å²) in [5.41, 5.74) is -0.0179. The average molecular weight is 291 g/mol. The van der Waals surface area contributed by atoms with Crippen LogP contribution >= 0.6 is 11.3 Å². The number of aromatic carboxylic acids is 1. The van der Waals surface area contributed by atoms with Gasteiger partial charge >= 0.3 is 5.97 Å². The second kappa shape index (κ2) is 4.96. The van der Waals surface area contributed by atoms with Crippen LogP contribution < -0.4 is 0 Å². The Hall–Kier alpha value is -0.960. The SMILES string of the molecule is O=C(O)c1csc(S(=O)(=O)N2CCC(O)CC2)c1. The van der Waals surface area contributed by atoms with E-state index in [1.807, 2.05) is 0 Å². The van der Waals surface area contributed by atoms with Gasteiger partial charge in [0.15, 0.2) is 0 Å². The van der Waals surface area contributed by atoms with E-state index in [9.17, 15) is 18.3 Å². The molecule has 0 saturated carbocycles. The number of rotatable bonds is 3. The molecule has 1 aliphatic rings. The number of hydrogen-bond acceptors (Lipinski definition) is 5. The molecule has 1 aromatic heterocycles. The Balaban J connectivity index is 2.22. The first-order valence-corrected chi connectivity index (χ1v) is 7.73. The number of thiophene rings is 1. The number of carboxylic acid groups (broad SMARTS) is 1. The topological polar surface area (TPSA) is 94.9 Å². The van der Waals surface area contributed by atoms with Crippen LogP contribution in [0.5, 0.6) is 0 Å². The zero-order chi connectivity index (χ0) is 13.3. The van der Waals surface area contributed by atoms with Crippen LogP contribution in [-0.2, 0) is 10.0 Å². The molecule has 2 rings (SSSR count). The second-order valence-electron chi connectivity index (χ2n) is 4.09. The third-order valence-corrected chi connectivity index (χ3v) is 6.15. The molecule has 0 radical (unpaired) electrons. The number of carboxylic acids is 1. The van der Waals surface area contributed by atoms with E-state index >= 15 is 0 Å². The molecule has 1 fully saturated rings. The fraction of sp³-hybridized carbons (Fsp3) is 0.500. The predicted molar refractivity (Wildman–Crippen MR) is 65.3 cm³/mol. The van der Waals surface area contributed by atoms with Gasteiger partial charge in [0.1, 0.15) is 4.21 Å². The number of sulfonamides is 1. The third kappa shape index (κ3) is 2.56. The van der Waals surface area contributed by atoms with Crippen molar-refractivity contribution in [2.24, 2.45) is 0 Å². The molecular formula is C10H13NO5S2. The van der Waals surface area contributed by atoms with Crippen LogP contribution in [0.1, 0.15) is 23.2 Å². The Morgan fingerprint density at radius 3 is 2.50 bits per heavy atom. The van der Waals surface area contributed by atoms with E-state index in [4.69, 9.17) is 5.11 Å².